The van der Waals surface area contributed by atoms with Crippen LogP contribution in [0.25, 0.3) is 0 Å². The Bertz CT molecular complexity index is 819. The Morgan fingerprint density at radius 1 is 1.10 bits per heavy atom. The van der Waals surface area contributed by atoms with Crippen molar-refractivity contribution < 1.29 is 19.4 Å². The molecule has 0 unspecified atom stereocenters. The van der Waals surface area contributed by atoms with Crippen LogP contribution in [-0.4, -0.2) is 31.9 Å². The minimum absolute atomic E-state index is 0.00707. The van der Waals surface area contributed by atoms with Crippen LogP contribution in [0.4, 0.5) is 0 Å². The van der Waals surface area contributed by atoms with Gasteiger partial charge in [0, 0.05) is 6.54 Å². The quantitative estimate of drug-likeness (QED) is 0.613. The molecule has 0 saturated carbocycles. The predicted molar refractivity (Wildman–Crippen MR) is 124 cm³/mol. The molecule has 0 aliphatic rings. The molecule has 2 amide bonds. The second kappa shape index (κ2) is 18.7. The number of nitrogens with zero attached hydrogens (tertiary/aromatic N) is 1. The number of aliphatic hydroxyl groups excluding tert-OH is 1. The van der Waals surface area contributed by atoms with E-state index in [4.69, 9.17) is 23.0 Å². The lowest BCUT2D eigenvalue weighted by Gasteiger charge is -2.10. The van der Waals surface area contributed by atoms with Crippen molar-refractivity contribution in [2.45, 2.75) is 47.3 Å². The number of methoxy groups -OCH3 is 1. The van der Waals surface area contributed by atoms with Gasteiger partial charge >= 0.3 is 0 Å². The topological polar surface area (TPSA) is 125 Å². The van der Waals surface area contributed by atoms with Gasteiger partial charge in [-0.05, 0) is 17.2 Å². The molecule has 0 spiro atoms. The number of nitrogens with two attached hydrogens (primary N) is 1. The van der Waals surface area contributed by atoms with Gasteiger partial charge in [0.25, 0.3) is 5.91 Å². The maximum absolute atomic E-state index is 12.2. The molecule has 0 aliphatic heterocycles. The van der Waals surface area contributed by atoms with Crippen molar-refractivity contribution in [1.82, 2.24) is 5.32 Å². The van der Waals surface area contributed by atoms with Crippen LogP contribution in [0, 0.1) is 11.3 Å². The largest absolute Gasteiger partial charge is 0.496 e. The Labute approximate surface area is 186 Å². The first-order valence-electron chi connectivity index (χ1n) is 9.96. The Kier molecular flexibility index (Phi) is 18.0. The molecule has 2 aromatic carbocycles. The summed E-state index contributed by atoms with van der Waals surface area (Å²) >= 11 is 0. The van der Waals surface area contributed by atoms with E-state index in [1.54, 1.807) is 24.3 Å². The Morgan fingerprint density at radius 3 is 2.06 bits per heavy atom. The van der Waals surface area contributed by atoms with Crippen molar-refractivity contribution in [2.75, 3.05) is 7.11 Å². The van der Waals surface area contributed by atoms with Gasteiger partial charge in [-0.25, -0.2) is 0 Å². The number of hydrogen-bond acceptors (Lipinski definition) is 5. The highest BCUT2D eigenvalue weighted by atomic mass is 16.5. The van der Waals surface area contributed by atoms with E-state index in [0.29, 0.717) is 23.3 Å². The average Bonchev–Trinajstić information content (AvgIpc) is 2.80. The highest BCUT2D eigenvalue weighted by Crippen LogP contribution is 2.16. The molecule has 0 aliphatic carbocycles. The van der Waals surface area contributed by atoms with Crippen LogP contribution in [0.5, 0.6) is 5.75 Å². The van der Waals surface area contributed by atoms with Crippen LogP contribution in [0.2, 0.25) is 0 Å². The standard InChI is InChI=1S/C16H16BNO3.C3H4N2O.2C2H6/c1-21-15-7-6-13(17)8-14(15)16(20)18-9-11-2-4-12(10-19)5-3-11;4-2-1-3(5)6;2*1-2/h2-8,19H,9-10H2,1H3,(H,18,20);1H2,(H2,5,6);2*1-2H3. The fourth-order valence-electron chi connectivity index (χ4n) is 2.02. The van der Waals surface area contributed by atoms with Gasteiger partial charge in [-0.15, -0.1) is 0 Å². The van der Waals surface area contributed by atoms with E-state index in [2.05, 4.69) is 11.1 Å². The van der Waals surface area contributed by atoms with E-state index >= 15 is 0 Å². The summed E-state index contributed by atoms with van der Waals surface area (Å²) in [5.41, 5.74) is 7.24. The summed E-state index contributed by atoms with van der Waals surface area (Å²) in [4.78, 5) is 21.8. The number of amides is 2. The zero-order valence-electron chi connectivity index (χ0n) is 18.9. The molecule has 0 fully saturated rings. The minimum Gasteiger partial charge on any atom is -0.496 e. The van der Waals surface area contributed by atoms with E-state index in [1.807, 2.05) is 52.0 Å². The molecule has 31 heavy (non-hydrogen) atoms. The third-order valence-electron chi connectivity index (χ3n) is 3.38. The molecule has 7 nitrogen and oxygen atoms in total. The van der Waals surface area contributed by atoms with Gasteiger partial charge in [0.05, 0.1) is 25.3 Å². The van der Waals surface area contributed by atoms with E-state index in [9.17, 15) is 9.59 Å². The summed E-state index contributed by atoms with van der Waals surface area (Å²) < 4.78 is 5.16. The number of carbonyl (C=O) groups excluding carboxylic acids is 2. The van der Waals surface area contributed by atoms with Crippen molar-refractivity contribution in [3.8, 4) is 11.8 Å². The molecule has 2 rings (SSSR count). The third kappa shape index (κ3) is 12.8. The number of hydrogen-bond donors (Lipinski definition) is 3. The molecule has 0 atom stereocenters. The normalized spacial score (nSPS) is 8.55. The Hall–Kier alpha value is -3.31. The predicted octanol–water partition coefficient (Wildman–Crippen LogP) is 2.35. The summed E-state index contributed by atoms with van der Waals surface area (Å²) in [7, 11) is 7.21. The first-order valence-corrected chi connectivity index (χ1v) is 9.96. The van der Waals surface area contributed by atoms with Crippen molar-refractivity contribution in [3.63, 3.8) is 0 Å². The molecule has 0 aromatic heterocycles. The van der Waals surface area contributed by atoms with Crippen molar-refractivity contribution in [3.05, 3.63) is 59.2 Å². The lowest BCUT2D eigenvalue weighted by molar-refractivity contribution is -0.117. The summed E-state index contributed by atoms with van der Waals surface area (Å²) in [5.74, 6) is -0.333. The SMILES string of the molecule is CC.CC.N#CCC(N)=O.[B]c1ccc(OC)c(C(=O)NCc2ccc(CO)cc2)c1. The van der Waals surface area contributed by atoms with Crippen molar-refractivity contribution in [1.29, 1.82) is 5.26 Å². The maximum Gasteiger partial charge on any atom is 0.255 e. The third-order valence-corrected chi connectivity index (χ3v) is 3.38. The van der Waals surface area contributed by atoms with Crippen LogP contribution < -0.4 is 21.3 Å². The number of nitrogens with one attached hydrogen (secondary N) is 1. The Balaban J connectivity index is 0. The lowest BCUT2D eigenvalue weighted by Crippen LogP contribution is -2.24. The second-order valence-corrected chi connectivity index (χ2v) is 5.42. The molecule has 0 heterocycles. The number of primary amides is 1. The number of aliphatic hydroxyl groups is 1. The molecule has 166 valence electrons. The van der Waals surface area contributed by atoms with Gasteiger partial charge < -0.3 is 20.9 Å². The van der Waals surface area contributed by atoms with Gasteiger partial charge in [0.15, 0.2) is 0 Å². The van der Waals surface area contributed by atoms with Gasteiger partial charge in [-0.2, -0.15) is 5.26 Å². The number of carbonyl (C=O) groups is 2. The van der Waals surface area contributed by atoms with Crippen LogP contribution >= 0.6 is 0 Å². The van der Waals surface area contributed by atoms with Crippen LogP contribution in [0.1, 0.15) is 55.6 Å². The van der Waals surface area contributed by atoms with Gasteiger partial charge in [-0.3, -0.25) is 9.59 Å². The molecular formula is C23H32BN3O4. The zero-order chi connectivity index (χ0) is 24.2. The minimum atomic E-state index is -0.572. The second-order valence-electron chi connectivity index (χ2n) is 5.42. The summed E-state index contributed by atoms with van der Waals surface area (Å²) in [6, 6.07) is 13.9. The fraction of sp³-hybridized carbons (Fsp3) is 0.348. The van der Waals surface area contributed by atoms with Crippen LogP contribution in [0.3, 0.4) is 0 Å². The molecule has 2 aromatic rings. The smallest absolute Gasteiger partial charge is 0.255 e. The van der Waals surface area contributed by atoms with Crippen LogP contribution in [-0.2, 0) is 17.9 Å². The summed E-state index contributed by atoms with van der Waals surface area (Å²) in [6.45, 7) is 8.40. The number of ether oxygens (including phenoxy) is 1. The number of benzene rings is 2. The molecule has 4 N–H and O–H groups in total. The number of nitriles is 1. The fourth-order valence-corrected chi connectivity index (χ4v) is 2.02. The summed E-state index contributed by atoms with van der Waals surface area (Å²) in [6.07, 6.45) is -0.181. The molecule has 0 saturated heterocycles. The van der Waals surface area contributed by atoms with Crippen LogP contribution in [0.15, 0.2) is 42.5 Å². The van der Waals surface area contributed by atoms with Gasteiger partial charge in [0.2, 0.25) is 5.91 Å². The number of rotatable bonds is 6. The maximum atomic E-state index is 12.2. The molecular weight excluding hydrogens is 393 g/mol. The molecule has 0 bridgehead atoms. The first kappa shape index (κ1) is 29.9. The molecule has 8 heteroatoms. The van der Waals surface area contributed by atoms with E-state index in [0.717, 1.165) is 11.1 Å². The van der Waals surface area contributed by atoms with E-state index in [1.165, 1.54) is 7.11 Å². The zero-order valence-corrected chi connectivity index (χ0v) is 18.9. The van der Waals surface area contributed by atoms with Crippen molar-refractivity contribution in [2.24, 2.45) is 5.73 Å². The van der Waals surface area contributed by atoms with Gasteiger partial charge in [0.1, 0.15) is 20.0 Å². The monoisotopic (exact) mass is 425 g/mol. The van der Waals surface area contributed by atoms with E-state index < -0.39 is 5.91 Å². The highest BCUT2D eigenvalue weighted by Gasteiger charge is 2.11. The summed E-state index contributed by atoms with van der Waals surface area (Å²) in [5, 5.41) is 19.5. The first-order chi connectivity index (χ1) is 14.9. The Morgan fingerprint density at radius 2 is 1.65 bits per heavy atom. The van der Waals surface area contributed by atoms with E-state index in [-0.39, 0.29) is 18.9 Å². The average molecular weight is 425 g/mol. The lowest BCUT2D eigenvalue weighted by atomic mass is 9.94. The highest BCUT2D eigenvalue weighted by molar-refractivity contribution is 6.32. The van der Waals surface area contributed by atoms with Gasteiger partial charge in [-0.1, -0.05) is 69.6 Å². The molecule has 2 radical (unpaired) electrons. The van der Waals surface area contributed by atoms with Crippen molar-refractivity contribution >= 4 is 25.1 Å².